The van der Waals surface area contributed by atoms with Crippen molar-refractivity contribution in [1.29, 1.82) is 0 Å². The highest BCUT2D eigenvalue weighted by Crippen LogP contribution is 2.13. The Kier molecular flexibility index (Phi) is 3.24. The predicted octanol–water partition coefficient (Wildman–Crippen LogP) is 0.693. The molecule has 0 saturated carbocycles. The van der Waals surface area contributed by atoms with Gasteiger partial charge < -0.3 is 14.6 Å². The van der Waals surface area contributed by atoms with Gasteiger partial charge >= 0.3 is 0 Å². The van der Waals surface area contributed by atoms with E-state index in [0.29, 0.717) is 12.4 Å². The molecule has 1 aliphatic rings. The Morgan fingerprint density at radius 2 is 2.56 bits per heavy atom. The van der Waals surface area contributed by atoms with Crippen LogP contribution in [-0.4, -0.2) is 34.9 Å². The molecule has 1 amide bonds. The van der Waals surface area contributed by atoms with Crippen molar-refractivity contribution in [3.05, 3.63) is 17.8 Å². The van der Waals surface area contributed by atoms with Gasteiger partial charge in [-0.1, -0.05) is 0 Å². The van der Waals surface area contributed by atoms with Gasteiger partial charge in [0.2, 0.25) is 11.8 Å². The Bertz CT molecular complexity index is 369. The lowest BCUT2D eigenvalue weighted by molar-refractivity contribution is -0.131. The summed E-state index contributed by atoms with van der Waals surface area (Å²) in [6.07, 6.45) is 2.68. The van der Waals surface area contributed by atoms with Crippen LogP contribution in [0.4, 0.5) is 0 Å². The van der Waals surface area contributed by atoms with E-state index in [9.17, 15) is 4.79 Å². The maximum Gasteiger partial charge on any atom is 0.220 e. The average molecular weight is 223 g/mol. The molecule has 88 valence electrons. The van der Waals surface area contributed by atoms with Gasteiger partial charge in [-0.05, 0) is 19.9 Å². The van der Waals surface area contributed by atoms with E-state index < -0.39 is 0 Å². The van der Waals surface area contributed by atoms with Crippen molar-refractivity contribution >= 4 is 5.91 Å². The number of rotatable bonds is 3. The Morgan fingerprint density at radius 1 is 1.75 bits per heavy atom. The topological polar surface area (TPSA) is 58.4 Å². The number of hydrogen-bond donors (Lipinski definition) is 1. The highest BCUT2D eigenvalue weighted by molar-refractivity contribution is 5.73. The van der Waals surface area contributed by atoms with Crippen LogP contribution in [0.2, 0.25) is 0 Å². The molecule has 1 atom stereocenters. The van der Waals surface area contributed by atoms with Crippen molar-refractivity contribution in [3.8, 4) is 0 Å². The third-order valence-corrected chi connectivity index (χ3v) is 2.85. The predicted molar refractivity (Wildman–Crippen MR) is 58.7 cm³/mol. The summed E-state index contributed by atoms with van der Waals surface area (Å²) in [4.78, 5) is 17.5. The molecule has 2 rings (SSSR count). The molecule has 0 bridgehead atoms. The van der Waals surface area contributed by atoms with Crippen LogP contribution < -0.4 is 5.32 Å². The normalized spacial score (nSPS) is 20.0. The van der Waals surface area contributed by atoms with Crippen LogP contribution in [0.5, 0.6) is 0 Å². The zero-order valence-corrected chi connectivity index (χ0v) is 9.69. The highest BCUT2D eigenvalue weighted by Gasteiger charge is 2.25. The summed E-state index contributed by atoms with van der Waals surface area (Å²) in [5.41, 5.74) is 0. The molecule has 1 aliphatic heterocycles. The van der Waals surface area contributed by atoms with E-state index in [1.165, 1.54) is 0 Å². The van der Waals surface area contributed by atoms with Gasteiger partial charge in [0.15, 0.2) is 0 Å². The van der Waals surface area contributed by atoms with Gasteiger partial charge in [-0.3, -0.25) is 4.79 Å². The van der Waals surface area contributed by atoms with E-state index in [0.717, 1.165) is 25.3 Å². The number of carbonyl (C=O) groups is 1. The first-order chi connectivity index (χ1) is 7.66. The van der Waals surface area contributed by atoms with Crippen LogP contribution in [0.1, 0.15) is 25.0 Å². The number of amides is 1. The molecule has 1 aromatic rings. The smallest absolute Gasteiger partial charge is 0.220 e. The van der Waals surface area contributed by atoms with Gasteiger partial charge in [0.1, 0.15) is 5.76 Å². The van der Waals surface area contributed by atoms with Gasteiger partial charge in [-0.2, -0.15) is 0 Å². The SMILES string of the molecule is CC(=O)N(Cc1ncc(C)o1)C1CCNC1. The van der Waals surface area contributed by atoms with Crippen LogP contribution >= 0.6 is 0 Å². The molecule has 1 aromatic heterocycles. The first-order valence-electron chi connectivity index (χ1n) is 5.56. The lowest BCUT2D eigenvalue weighted by Gasteiger charge is -2.25. The van der Waals surface area contributed by atoms with Gasteiger partial charge in [-0.25, -0.2) is 4.98 Å². The summed E-state index contributed by atoms with van der Waals surface area (Å²) in [5.74, 6) is 1.47. The number of aryl methyl sites for hydroxylation is 1. The third-order valence-electron chi connectivity index (χ3n) is 2.85. The molecule has 2 heterocycles. The average Bonchev–Trinajstić information content (AvgIpc) is 2.84. The Labute approximate surface area is 94.8 Å². The van der Waals surface area contributed by atoms with E-state index in [-0.39, 0.29) is 11.9 Å². The number of oxazole rings is 1. The second kappa shape index (κ2) is 4.65. The maximum absolute atomic E-state index is 11.6. The molecule has 1 saturated heterocycles. The lowest BCUT2D eigenvalue weighted by atomic mass is 10.2. The van der Waals surface area contributed by atoms with Crippen molar-refractivity contribution < 1.29 is 9.21 Å². The first kappa shape index (κ1) is 11.1. The highest BCUT2D eigenvalue weighted by atomic mass is 16.4. The van der Waals surface area contributed by atoms with Gasteiger partial charge in [0.25, 0.3) is 0 Å². The second-order valence-electron chi connectivity index (χ2n) is 4.16. The minimum absolute atomic E-state index is 0.0737. The molecular weight excluding hydrogens is 206 g/mol. The summed E-state index contributed by atoms with van der Waals surface area (Å²) >= 11 is 0. The standard InChI is InChI=1S/C11H17N3O2/c1-8-5-13-11(16-8)7-14(9(2)15)10-3-4-12-6-10/h5,10,12H,3-4,6-7H2,1-2H3. The molecule has 5 heteroatoms. The summed E-state index contributed by atoms with van der Waals surface area (Å²) < 4.78 is 5.40. The molecule has 1 unspecified atom stereocenters. The summed E-state index contributed by atoms with van der Waals surface area (Å²) in [6, 6.07) is 0.268. The quantitative estimate of drug-likeness (QED) is 0.819. The van der Waals surface area contributed by atoms with E-state index in [1.54, 1.807) is 13.1 Å². The van der Waals surface area contributed by atoms with Gasteiger partial charge in [0.05, 0.1) is 12.7 Å². The fourth-order valence-corrected chi connectivity index (χ4v) is 2.02. The number of aromatic nitrogens is 1. The Morgan fingerprint density at radius 3 is 3.06 bits per heavy atom. The Balaban J connectivity index is 2.05. The number of carbonyl (C=O) groups excluding carboxylic acids is 1. The van der Waals surface area contributed by atoms with E-state index in [1.807, 2.05) is 11.8 Å². The summed E-state index contributed by atoms with van der Waals surface area (Å²) in [5, 5.41) is 3.25. The second-order valence-corrected chi connectivity index (χ2v) is 4.16. The van der Waals surface area contributed by atoms with Crippen molar-refractivity contribution in [3.63, 3.8) is 0 Å². The van der Waals surface area contributed by atoms with Crippen LogP contribution in [0, 0.1) is 6.92 Å². The minimum Gasteiger partial charge on any atom is -0.444 e. The molecule has 16 heavy (non-hydrogen) atoms. The monoisotopic (exact) mass is 223 g/mol. The molecule has 1 fully saturated rings. The zero-order chi connectivity index (χ0) is 11.5. The number of hydrogen-bond acceptors (Lipinski definition) is 4. The van der Waals surface area contributed by atoms with E-state index in [2.05, 4.69) is 10.3 Å². The number of nitrogens with zero attached hydrogens (tertiary/aromatic N) is 2. The van der Waals surface area contributed by atoms with Crippen molar-refractivity contribution in [1.82, 2.24) is 15.2 Å². The molecule has 0 aliphatic carbocycles. The van der Waals surface area contributed by atoms with Gasteiger partial charge in [0, 0.05) is 19.5 Å². The Hall–Kier alpha value is -1.36. The van der Waals surface area contributed by atoms with Crippen molar-refractivity contribution in [2.75, 3.05) is 13.1 Å². The minimum atomic E-state index is 0.0737. The maximum atomic E-state index is 11.6. The van der Waals surface area contributed by atoms with Gasteiger partial charge in [-0.15, -0.1) is 0 Å². The fourth-order valence-electron chi connectivity index (χ4n) is 2.02. The zero-order valence-electron chi connectivity index (χ0n) is 9.69. The van der Waals surface area contributed by atoms with E-state index in [4.69, 9.17) is 4.42 Å². The van der Waals surface area contributed by atoms with Crippen LogP contribution in [0.3, 0.4) is 0 Å². The molecule has 5 nitrogen and oxygen atoms in total. The molecule has 0 radical (unpaired) electrons. The largest absolute Gasteiger partial charge is 0.444 e. The van der Waals surface area contributed by atoms with Crippen LogP contribution in [0.25, 0.3) is 0 Å². The molecule has 0 aromatic carbocycles. The number of nitrogens with one attached hydrogen (secondary N) is 1. The van der Waals surface area contributed by atoms with Crippen LogP contribution in [-0.2, 0) is 11.3 Å². The molecular formula is C11H17N3O2. The third kappa shape index (κ3) is 2.41. The van der Waals surface area contributed by atoms with Crippen molar-refractivity contribution in [2.24, 2.45) is 0 Å². The molecule has 0 spiro atoms. The van der Waals surface area contributed by atoms with E-state index >= 15 is 0 Å². The fraction of sp³-hybridized carbons (Fsp3) is 0.636. The molecule has 1 N–H and O–H groups in total. The first-order valence-corrected chi connectivity index (χ1v) is 5.56. The summed E-state index contributed by atoms with van der Waals surface area (Å²) in [6.45, 7) is 5.74. The lowest BCUT2D eigenvalue weighted by Crippen LogP contribution is -2.39. The van der Waals surface area contributed by atoms with Crippen molar-refractivity contribution in [2.45, 2.75) is 32.9 Å². The summed E-state index contributed by atoms with van der Waals surface area (Å²) in [7, 11) is 0. The van der Waals surface area contributed by atoms with Crippen LogP contribution in [0.15, 0.2) is 10.6 Å².